The largest absolute Gasteiger partial charge is 0.311 e. The fourth-order valence-corrected chi connectivity index (χ4v) is 2.35. The van der Waals surface area contributed by atoms with Crippen molar-refractivity contribution in [3.8, 4) is 0 Å². The molecular formula is C11H11N3OS. The first-order valence-corrected chi connectivity index (χ1v) is 5.67. The molecule has 1 amide bonds. The molecule has 3 rings (SSSR count). The molecule has 16 heavy (non-hydrogen) atoms. The highest BCUT2D eigenvalue weighted by Gasteiger charge is 2.28. The topological polar surface area (TPSA) is 49.0 Å². The van der Waals surface area contributed by atoms with Gasteiger partial charge in [0.1, 0.15) is 0 Å². The maximum atomic E-state index is 11.7. The average Bonchev–Trinajstić information content (AvgIpc) is 2.83. The fraction of sp³-hybridized carbons (Fsp3) is 0.273. The van der Waals surface area contributed by atoms with Crippen LogP contribution in [0, 0.1) is 0 Å². The van der Waals surface area contributed by atoms with E-state index >= 15 is 0 Å². The maximum Gasteiger partial charge on any atom is 0.228 e. The van der Waals surface area contributed by atoms with E-state index in [4.69, 9.17) is 0 Å². The number of aromatic nitrogens is 2. The highest BCUT2D eigenvalue weighted by molar-refractivity contribution is 7.81. The second kappa shape index (κ2) is 3.52. The normalized spacial score (nSPS) is 20.9. The molecule has 1 aliphatic heterocycles. The number of thiol groups is 1. The SMILES string of the molecule is O=C1CC(S)CN1c1ccc2cn[nH]c2c1. The number of hydrogen-bond donors (Lipinski definition) is 2. The summed E-state index contributed by atoms with van der Waals surface area (Å²) in [5.41, 5.74) is 1.87. The second-order valence-corrected chi connectivity index (χ2v) is 4.73. The molecule has 1 unspecified atom stereocenters. The Morgan fingerprint density at radius 3 is 3.12 bits per heavy atom. The fourth-order valence-electron chi connectivity index (χ4n) is 2.03. The Bertz CT molecular complexity index is 551. The van der Waals surface area contributed by atoms with Crippen molar-refractivity contribution in [3.05, 3.63) is 24.4 Å². The molecule has 2 aromatic rings. The molecule has 1 aromatic carbocycles. The summed E-state index contributed by atoms with van der Waals surface area (Å²) in [6.07, 6.45) is 2.29. The van der Waals surface area contributed by atoms with Crippen molar-refractivity contribution in [3.63, 3.8) is 0 Å². The Morgan fingerprint density at radius 1 is 1.50 bits per heavy atom. The molecular weight excluding hydrogens is 222 g/mol. The Morgan fingerprint density at radius 2 is 2.38 bits per heavy atom. The number of rotatable bonds is 1. The molecule has 1 aromatic heterocycles. The lowest BCUT2D eigenvalue weighted by molar-refractivity contribution is -0.117. The number of nitrogens with one attached hydrogen (secondary N) is 1. The van der Waals surface area contributed by atoms with Crippen molar-refractivity contribution < 1.29 is 4.79 Å². The van der Waals surface area contributed by atoms with E-state index in [1.807, 2.05) is 18.2 Å². The number of carbonyl (C=O) groups is 1. The summed E-state index contributed by atoms with van der Waals surface area (Å²) >= 11 is 4.34. The Balaban J connectivity index is 2.02. The van der Waals surface area contributed by atoms with Crippen LogP contribution in [-0.4, -0.2) is 27.9 Å². The van der Waals surface area contributed by atoms with E-state index in [1.54, 1.807) is 11.1 Å². The van der Waals surface area contributed by atoms with Gasteiger partial charge in [0, 0.05) is 29.3 Å². The second-order valence-electron chi connectivity index (χ2n) is 4.00. The van der Waals surface area contributed by atoms with Gasteiger partial charge in [0.2, 0.25) is 5.91 Å². The summed E-state index contributed by atoms with van der Waals surface area (Å²) in [5.74, 6) is 0.138. The molecule has 1 atom stereocenters. The molecule has 5 heteroatoms. The van der Waals surface area contributed by atoms with E-state index in [-0.39, 0.29) is 11.2 Å². The number of carbonyl (C=O) groups excluding carboxylic acids is 1. The highest BCUT2D eigenvalue weighted by atomic mass is 32.1. The summed E-state index contributed by atoms with van der Waals surface area (Å²) in [6.45, 7) is 0.682. The summed E-state index contributed by atoms with van der Waals surface area (Å²) in [5, 5.41) is 8.06. The van der Waals surface area contributed by atoms with Gasteiger partial charge < -0.3 is 4.90 Å². The van der Waals surface area contributed by atoms with E-state index in [0.717, 1.165) is 16.6 Å². The number of hydrogen-bond acceptors (Lipinski definition) is 3. The number of amides is 1. The minimum Gasteiger partial charge on any atom is -0.311 e. The zero-order chi connectivity index (χ0) is 11.1. The van der Waals surface area contributed by atoms with Crippen LogP contribution in [0.25, 0.3) is 10.9 Å². The summed E-state index contributed by atoms with van der Waals surface area (Å²) in [7, 11) is 0. The number of aromatic amines is 1. The van der Waals surface area contributed by atoms with Crippen molar-refractivity contribution in [1.29, 1.82) is 0 Å². The standard InChI is InChI=1S/C11H11N3OS/c15-11-4-9(16)6-14(11)8-2-1-7-5-12-13-10(7)3-8/h1-3,5,9,16H,4,6H2,(H,12,13). The van der Waals surface area contributed by atoms with Crippen LogP contribution < -0.4 is 4.90 Å². The van der Waals surface area contributed by atoms with Gasteiger partial charge in [-0.05, 0) is 18.2 Å². The predicted octanol–water partition coefficient (Wildman–Crippen LogP) is 1.60. The third-order valence-electron chi connectivity index (χ3n) is 2.84. The summed E-state index contributed by atoms with van der Waals surface area (Å²) in [6, 6.07) is 5.86. The molecule has 1 fully saturated rings. The van der Waals surface area contributed by atoms with Crippen LogP contribution in [0.2, 0.25) is 0 Å². The maximum absolute atomic E-state index is 11.7. The summed E-state index contributed by atoms with van der Waals surface area (Å²) < 4.78 is 0. The van der Waals surface area contributed by atoms with Crippen LogP contribution in [-0.2, 0) is 4.79 Å². The van der Waals surface area contributed by atoms with E-state index in [0.29, 0.717) is 13.0 Å². The van der Waals surface area contributed by atoms with Gasteiger partial charge in [0.15, 0.2) is 0 Å². The van der Waals surface area contributed by atoms with Crippen LogP contribution in [0.3, 0.4) is 0 Å². The van der Waals surface area contributed by atoms with Crippen molar-refractivity contribution in [1.82, 2.24) is 10.2 Å². The third-order valence-corrected chi connectivity index (χ3v) is 3.19. The lowest BCUT2D eigenvalue weighted by Gasteiger charge is -2.15. The summed E-state index contributed by atoms with van der Waals surface area (Å²) in [4.78, 5) is 13.5. The van der Waals surface area contributed by atoms with E-state index in [9.17, 15) is 4.79 Å². The molecule has 0 aliphatic carbocycles. The van der Waals surface area contributed by atoms with Gasteiger partial charge in [-0.1, -0.05) is 0 Å². The van der Waals surface area contributed by atoms with Gasteiger partial charge >= 0.3 is 0 Å². The van der Waals surface area contributed by atoms with Gasteiger partial charge in [0.05, 0.1) is 11.7 Å². The van der Waals surface area contributed by atoms with Gasteiger partial charge in [-0.3, -0.25) is 9.89 Å². The zero-order valence-electron chi connectivity index (χ0n) is 8.55. The number of anilines is 1. The minimum atomic E-state index is 0.138. The monoisotopic (exact) mass is 233 g/mol. The first-order chi connectivity index (χ1) is 7.74. The van der Waals surface area contributed by atoms with Gasteiger partial charge in [-0.25, -0.2) is 0 Å². The van der Waals surface area contributed by atoms with Crippen LogP contribution in [0.5, 0.6) is 0 Å². The molecule has 0 bridgehead atoms. The molecule has 82 valence electrons. The molecule has 0 spiro atoms. The molecule has 1 saturated heterocycles. The van der Waals surface area contributed by atoms with Gasteiger partial charge in [-0.2, -0.15) is 17.7 Å². The van der Waals surface area contributed by atoms with Gasteiger partial charge in [-0.15, -0.1) is 0 Å². The zero-order valence-corrected chi connectivity index (χ0v) is 9.45. The molecule has 1 aliphatic rings. The molecule has 4 nitrogen and oxygen atoms in total. The third kappa shape index (κ3) is 1.48. The number of H-pyrrole nitrogens is 1. The smallest absolute Gasteiger partial charge is 0.228 e. The van der Waals surface area contributed by atoms with Crippen molar-refractivity contribution in [2.24, 2.45) is 0 Å². The first kappa shape index (κ1) is 9.72. The van der Waals surface area contributed by atoms with Crippen LogP contribution >= 0.6 is 12.6 Å². The number of nitrogens with zero attached hydrogens (tertiary/aromatic N) is 2. The van der Waals surface area contributed by atoms with Crippen LogP contribution in [0.15, 0.2) is 24.4 Å². The predicted molar refractivity (Wildman–Crippen MR) is 65.8 cm³/mol. The minimum absolute atomic E-state index is 0.138. The lowest BCUT2D eigenvalue weighted by Crippen LogP contribution is -2.24. The van der Waals surface area contributed by atoms with Crippen LogP contribution in [0.4, 0.5) is 5.69 Å². The quantitative estimate of drug-likeness (QED) is 0.735. The molecule has 1 N–H and O–H groups in total. The first-order valence-electron chi connectivity index (χ1n) is 5.15. The Hall–Kier alpha value is -1.49. The van der Waals surface area contributed by atoms with Crippen LogP contribution in [0.1, 0.15) is 6.42 Å². The molecule has 0 radical (unpaired) electrons. The van der Waals surface area contributed by atoms with Crippen molar-refractivity contribution in [2.45, 2.75) is 11.7 Å². The van der Waals surface area contributed by atoms with E-state index in [2.05, 4.69) is 22.8 Å². The number of benzene rings is 1. The van der Waals surface area contributed by atoms with Crippen molar-refractivity contribution in [2.75, 3.05) is 11.4 Å². The van der Waals surface area contributed by atoms with Crippen molar-refractivity contribution >= 4 is 35.1 Å². The Kier molecular flexibility index (Phi) is 2.14. The lowest BCUT2D eigenvalue weighted by atomic mass is 10.2. The highest BCUT2D eigenvalue weighted by Crippen LogP contribution is 2.26. The molecule has 2 heterocycles. The average molecular weight is 233 g/mol. The number of fused-ring (bicyclic) bond motifs is 1. The van der Waals surface area contributed by atoms with E-state index in [1.165, 1.54) is 0 Å². The Labute approximate surface area is 98.0 Å². The molecule has 0 saturated carbocycles. The van der Waals surface area contributed by atoms with Gasteiger partial charge in [0.25, 0.3) is 0 Å². The van der Waals surface area contributed by atoms with E-state index < -0.39 is 0 Å².